The molecule has 0 fully saturated rings. The Morgan fingerprint density at radius 2 is 1.67 bits per heavy atom. The standard InChI is InChI=1S/C16H15ClO4/c1-19-13-7-8-14(16(9-13)20-2)15(18)10-21-12-5-3-11(17)4-6-12/h3-9H,10H2,1-2H3. The zero-order chi connectivity index (χ0) is 15.2. The summed E-state index contributed by atoms with van der Waals surface area (Å²) in [6.07, 6.45) is 0. The van der Waals surface area contributed by atoms with Crippen molar-refractivity contribution in [1.29, 1.82) is 0 Å². The summed E-state index contributed by atoms with van der Waals surface area (Å²) in [5, 5.41) is 0.616. The summed E-state index contributed by atoms with van der Waals surface area (Å²) in [5.41, 5.74) is 0.451. The molecular weight excluding hydrogens is 292 g/mol. The van der Waals surface area contributed by atoms with Crippen LogP contribution in [0.15, 0.2) is 42.5 Å². The monoisotopic (exact) mass is 306 g/mol. The van der Waals surface area contributed by atoms with E-state index in [1.807, 2.05) is 0 Å². The van der Waals surface area contributed by atoms with Crippen LogP contribution in [0, 0.1) is 0 Å². The summed E-state index contributed by atoms with van der Waals surface area (Å²) in [4.78, 5) is 12.2. The predicted octanol–water partition coefficient (Wildman–Crippen LogP) is 3.62. The van der Waals surface area contributed by atoms with Crippen molar-refractivity contribution in [2.45, 2.75) is 0 Å². The highest BCUT2D eigenvalue weighted by atomic mass is 35.5. The van der Waals surface area contributed by atoms with Crippen LogP contribution in [-0.2, 0) is 0 Å². The Balaban J connectivity index is 2.07. The normalized spacial score (nSPS) is 10.0. The minimum absolute atomic E-state index is 0.0790. The van der Waals surface area contributed by atoms with Crippen LogP contribution in [0.4, 0.5) is 0 Å². The van der Waals surface area contributed by atoms with Crippen molar-refractivity contribution in [2.75, 3.05) is 20.8 Å². The van der Waals surface area contributed by atoms with Gasteiger partial charge in [-0.2, -0.15) is 0 Å². The third kappa shape index (κ3) is 3.89. The molecule has 2 rings (SSSR count). The molecule has 0 spiro atoms. The predicted molar refractivity (Wildman–Crippen MR) is 80.8 cm³/mol. The van der Waals surface area contributed by atoms with Crippen molar-refractivity contribution in [3.63, 3.8) is 0 Å². The number of ketones is 1. The number of hydrogen-bond acceptors (Lipinski definition) is 4. The second-order valence-electron chi connectivity index (χ2n) is 4.23. The van der Waals surface area contributed by atoms with Crippen LogP contribution in [-0.4, -0.2) is 26.6 Å². The van der Waals surface area contributed by atoms with Gasteiger partial charge in [-0.15, -0.1) is 0 Å². The number of carbonyl (C=O) groups is 1. The fourth-order valence-corrected chi connectivity index (χ4v) is 1.91. The van der Waals surface area contributed by atoms with Gasteiger partial charge in [-0.1, -0.05) is 11.6 Å². The molecule has 0 heterocycles. The highest BCUT2D eigenvalue weighted by molar-refractivity contribution is 6.30. The molecule has 0 aliphatic rings. The Kier molecular flexibility index (Phi) is 5.06. The number of Topliss-reactive ketones (excluding diaryl/α,β-unsaturated/α-hetero) is 1. The summed E-state index contributed by atoms with van der Waals surface area (Å²) in [7, 11) is 3.06. The fourth-order valence-electron chi connectivity index (χ4n) is 1.79. The topological polar surface area (TPSA) is 44.8 Å². The van der Waals surface area contributed by atoms with Crippen LogP contribution in [0.25, 0.3) is 0 Å². The van der Waals surface area contributed by atoms with Crippen LogP contribution in [0.3, 0.4) is 0 Å². The van der Waals surface area contributed by atoms with E-state index in [0.717, 1.165) is 0 Å². The van der Waals surface area contributed by atoms with E-state index >= 15 is 0 Å². The SMILES string of the molecule is COc1ccc(C(=O)COc2ccc(Cl)cc2)c(OC)c1. The molecule has 0 bridgehead atoms. The van der Waals surface area contributed by atoms with E-state index in [0.29, 0.717) is 27.8 Å². The number of benzene rings is 2. The lowest BCUT2D eigenvalue weighted by atomic mass is 10.1. The van der Waals surface area contributed by atoms with Crippen molar-refractivity contribution >= 4 is 17.4 Å². The first-order chi connectivity index (χ1) is 10.1. The number of rotatable bonds is 6. The number of methoxy groups -OCH3 is 2. The summed E-state index contributed by atoms with van der Waals surface area (Å²) in [6, 6.07) is 11.9. The van der Waals surface area contributed by atoms with Gasteiger partial charge in [-0.3, -0.25) is 4.79 Å². The Labute approximate surface area is 128 Å². The van der Waals surface area contributed by atoms with Crippen LogP contribution in [0.2, 0.25) is 5.02 Å². The first-order valence-electron chi connectivity index (χ1n) is 6.27. The van der Waals surface area contributed by atoms with Gasteiger partial charge in [0.05, 0.1) is 19.8 Å². The van der Waals surface area contributed by atoms with Crippen LogP contribution in [0.1, 0.15) is 10.4 Å². The minimum Gasteiger partial charge on any atom is -0.497 e. The quantitative estimate of drug-likeness (QED) is 0.765. The van der Waals surface area contributed by atoms with E-state index < -0.39 is 0 Å². The molecule has 0 amide bonds. The smallest absolute Gasteiger partial charge is 0.203 e. The number of carbonyl (C=O) groups excluding carboxylic acids is 1. The molecule has 0 N–H and O–H groups in total. The zero-order valence-corrected chi connectivity index (χ0v) is 12.5. The molecule has 4 nitrogen and oxygen atoms in total. The lowest BCUT2D eigenvalue weighted by molar-refractivity contribution is 0.0918. The van der Waals surface area contributed by atoms with Crippen LogP contribution < -0.4 is 14.2 Å². The van der Waals surface area contributed by atoms with Gasteiger partial charge in [0.15, 0.2) is 6.61 Å². The molecule has 0 aliphatic heterocycles. The van der Waals surface area contributed by atoms with E-state index in [2.05, 4.69) is 0 Å². The van der Waals surface area contributed by atoms with Crippen molar-refractivity contribution in [1.82, 2.24) is 0 Å². The summed E-state index contributed by atoms with van der Waals surface area (Å²) < 4.78 is 15.7. The maximum absolute atomic E-state index is 12.2. The Morgan fingerprint density at radius 3 is 2.29 bits per heavy atom. The van der Waals surface area contributed by atoms with Gasteiger partial charge in [-0.25, -0.2) is 0 Å². The van der Waals surface area contributed by atoms with Crippen molar-refractivity contribution < 1.29 is 19.0 Å². The van der Waals surface area contributed by atoms with E-state index in [9.17, 15) is 4.79 Å². The van der Waals surface area contributed by atoms with E-state index in [-0.39, 0.29) is 12.4 Å². The molecule has 5 heteroatoms. The molecule has 0 unspecified atom stereocenters. The maximum Gasteiger partial charge on any atom is 0.203 e. The summed E-state index contributed by atoms with van der Waals surface area (Å²) >= 11 is 5.79. The third-order valence-electron chi connectivity index (χ3n) is 2.89. The molecule has 2 aromatic carbocycles. The van der Waals surface area contributed by atoms with Crippen molar-refractivity contribution in [2.24, 2.45) is 0 Å². The maximum atomic E-state index is 12.2. The summed E-state index contributed by atoms with van der Waals surface area (Å²) in [6.45, 7) is -0.0790. The molecule has 0 aromatic heterocycles. The zero-order valence-electron chi connectivity index (χ0n) is 11.8. The fraction of sp³-hybridized carbons (Fsp3) is 0.188. The lowest BCUT2D eigenvalue weighted by Gasteiger charge is -2.10. The van der Waals surface area contributed by atoms with E-state index in [1.54, 1.807) is 49.6 Å². The van der Waals surface area contributed by atoms with Gasteiger partial charge in [0.2, 0.25) is 5.78 Å². The average Bonchev–Trinajstić information content (AvgIpc) is 2.53. The van der Waals surface area contributed by atoms with Gasteiger partial charge in [0.25, 0.3) is 0 Å². The minimum atomic E-state index is -0.176. The molecule has 0 saturated heterocycles. The molecule has 0 radical (unpaired) electrons. The Morgan fingerprint density at radius 1 is 1.00 bits per heavy atom. The van der Waals surface area contributed by atoms with Crippen LogP contribution in [0.5, 0.6) is 17.2 Å². The van der Waals surface area contributed by atoms with Gasteiger partial charge in [0.1, 0.15) is 17.2 Å². The van der Waals surface area contributed by atoms with Crippen LogP contribution >= 0.6 is 11.6 Å². The van der Waals surface area contributed by atoms with E-state index in [4.69, 9.17) is 25.8 Å². The number of hydrogen-bond donors (Lipinski definition) is 0. The highest BCUT2D eigenvalue weighted by Crippen LogP contribution is 2.25. The Hall–Kier alpha value is -2.20. The van der Waals surface area contributed by atoms with Gasteiger partial charge >= 0.3 is 0 Å². The highest BCUT2D eigenvalue weighted by Gasteiger charge is 2.14. The van der Waals surface area contributed by atoms with Crippen molar-refractivity contribution in [3.05, 3.63) is 53.1 Å². The van der Waals surface area contributed by atoms with E-state index in [1.165, 1.54) is 7.11 Å². The molecule has 21 heavy (non-hydrogen) atoms. The molecule has 110 valence electrons. The lowest BCUT2D eigenvalue weighted by Crippen LogP contribution is -2.12. The average molecular weight is 307 g/mol. The summed E-state index contributed by atoms with van der Waals surface area (Å²) in [5.74, 6) is 1.49. The van der Waals surface area contributed by atoms with Crippen molar-refractivity contribution in [3.8, 4) is 17.2 Å². The number of halogens is 1. The number of ether oxygens (including phenoxy) is 3. The molecular formula is C16H15ClO4. The van der Waals surface area contributed by atoms with Gasteiger partial charge in [0, 0.05) is 11.1 Å². The molecule has 0 atom stereocenters. The largest absolute Gasteiger partial charge is 0.497 e. The molecule has 2 aromatic rings. The Bertz CT molecular complexity index is 623. The first kappa shape index (κ1) is 15.2. The van der Waals surface area contributed by atoms with Gasteiger partial charge in [-0.05, 0) is 36.4 Å². The second kappa shape index (κ2) is 6.99. The third-order valence-corrected chi connectivity index (χ3v) is 3.14. The molecule has 0 saturated carbocycles. The van der Waals surface area contributed by atoms with Gasteiger partial charge < -0.3 is 14.2 Å². The second-order valence-corrected chi connectivity index (χ2v) is 4.67. The molecule has 0 aliphatic carbocycles. The first-order valence-corrected chi connectivity index (χ1v) is 6.65.